The van der Waals surface area contributed by atoms with Crippen LogP contribution in [0.25, 0.3) is 11.1 Å². The molecule has 0 saturated heterocycles. The van der Waals surface area contributed by atoms with Crippen molar-refractivity contribution in [2.24, 2.45) is 5.73 Å². The van der Waals surface area contributed by atoms with Crippen molar-refractivity contribution in [3.8, 4) is 16.9 Å². The molecule has 9 heteroatoms. The van der Waals surface area contributed by atoms with E-state index in [1.54, 1.807) is 32.0 Å². The molecular formula is C30H27ClF4N2O2. The van der Waals surface area contributed by atoms with Gasteiger partial charge in [0.25, 0.3) is 5.56 Å². The molecule has 0 aliphatic carbocycles. The van der Waals surface area contributed by atoms with Gasteiger partial charge >= 0.3 is 6.18 Å². The van der Waals surface area contributed by atoms with Crippen molar-refractivity contribution in [1.82, 2.24) is 4.57 Å². The third kappa shape index (κ3) is 5.58. The van der Waals surface area contributed by atoms with Crippen LogP contribution < -0.4 is 16.0 Å². The normalized spacial score (nSPS) is 12.4. The van der Waals surface area contributed by atoms with Gasteiger partial charge in [0, 0.05) is 35.8 Å². The van der Waals surface area contributed by atoms with E-state index in [1.807, 2.05) is 30.3 Å². The summed E-state index contributed by atoms with van der Waals surface area (Å²) in [5, 5.41) is 0.177. The van der Waals surface area contributed by atoms with Crippen molar-refractivity contribution >= 4 is 11.6 Å². The minimum Gasteiger partial charge on any atom is -0.495 e. The highest BCUT2D eigenvalue weighted by atomic mass is 35.5. The number of aromatic nitrogens is 1. The lowest BCUT2D eigenvalue weighted by Crippen LogP contribution is -2.31. The van der Waals surface area contributed by atoms with Crippen LogP contribution in [0.4, 0.5) is 17.6 Å². The minimum absolute atomic E-state index is 0.0416. The molecule has 4 rings (SSSR count). The lowest BCUT2D eigenvalue weighted by Gasteiger charge is -2.24. The standard InChI is InChI=1S/C30H27ClF4N2O2/c1-17-21(15-22-23(30(33,34)35)12-8-13-24(22)32)18(2)37(16-25(36)19-9-5-4-6-10-19)29(38)27(17)20-11-7-14-26(39-3)28(20)31/h4-14,25H,15-16,36H2,1-3H3. The van der Waals surface area contributed by atoms with Crippen LogP contribution in [-0.4, -0.2) is 11.7 Å². The molecule has 2 N–H and O–H groups in total. The number of nitrogens with two attached hydrogens (primary N) is 1. The summed E-state index contributed by atoms with van der Waals surface area (Å²) in [7, 11) is 1.44. The summed E-state index contributed by atoms with van der Waals surface area (Å²) in [6.45, 7) is 3.30. The summed E-state index contributed by atoms with van der Waals surface area (Å²) in [6, 6.07) is 16.4. The van der Waals surface area contributed by atoms with Gasteiger partial charge < -0.3 is 15.0 Å². The molecular weight excluding hydrogens is 532 g/mol. The van der Waals surface area contributed by atoms with Gasteiger partial charge in [0.15, 0.2) is 0 Å². The average molecular weight is 559 g/mol. The van der Waals surface area contributed by atoms with Crippen molar-refractivity contribution < 1.29 is 22.3 Å². The first-order valence-electron chi connectivity index (χ1n) is 12.2. The summed E-state index contributed by atoms with van der Waals surface area (Å²) in [5.74, 6) is -0.653. The Balaban J connectivity index is 1.99. The summed E-state index contributed by atoms with van der Waals surface area (Å²) < 4.78 is 63.2. The van der Waals surface area contributed by atoms with Gasteiger partial charge in [-0.1, -0.05) is 60.1 Å². The number of rotatable bonds is 7. The van der Waals surface area contributed by atoms with Crippen molar-refractivity contribution in [3.63, 3.8) is 0 Å². The maximum Gasteiger partial charge on any atom is 0.416 e. The molecule has 0 radical (unpaired) electrons. The topological polar surface area (TPSA) is 57.2 Å². The van der Waals surface area contributed by atoms with Crippen LogP contribution >= 0.6 is 11.6 Å². The van der Waals surface area contributed by atoms with E-state index in [2.05, 4.69) is 0 Å². The number of pyridine rings is 1. The van der Waals surface area contributed by atoms with Crippen LogP contribution in [-0.2, 0) is 19.1 Å². The number of benzene rings is 3. The molecule has 4 aromatic rings. The lowest BCUT2D eigenvalue weighted by molar-refractivity contribution is -0.138. The average Bonchev–Trinajstić information content (AvgIpc) is 2.90. The molecule has 0 amide bonds. The molecule has 0 fully saturated rings. The van der Waals surface area contributed by atoms with E-state index >= 15 is 0 Å². The zero-order valence-electron chi connectivity index (χ0n) is 21.6. The third-order valence-corrected chi connectivity index (χ3v) is 7.36. The van der Waals surface area contributed by atoms with E-state index in [4.69, 9.17) is 22.1 Å². The van der Waals surface area contributed by atoms with Crippen molar-refractivity contribution in [2.75, 3.05) is 7.11 Å². The number of halogens is 5. The Morgan fingerprint density at radius 1 is 0.974 bits per heavy atom. The SMILES string of the molecule is COc1cccc(-c2c(C)c(Cc3c(F)cccc3C(F)(F)F)c(C)n(CC(N)c3ccccc3)c2=O)c1Cl. The lowest BCUT2D eigenvalue weighted by atomic mass is 9.90. The minimum atomic E-state index is -4.76. The second-order valence-corrected chi connectivity index (χ2v) is 9.64. The number of methoxy groups -OCH3 is 1. The first-order valence-corrected chi connectivity index (χ1v) is 12.5. The van der Waals surface area contributed by atoms with E-state index < -0.39 is 41.1 Å². The Labute approximate surface area is 228 Å². The van der Waals surface area contributed by atoms with Crippen LogP contribution in [0, 0.1) is 19.7 Å². The number of nitrogens with zero attached hydrogens (tertiary/aromatic N) is 1. The molecule has 0 aliphatic rings. The molecule has 1 atom stereocenters. The van der Waals surface area contributed by atoms with Gasteiger partial charge in [0.1, 0.15) is 11.6 Å². The molecule has 1 unspecified atom stereocenters. The largest absolute Gasteiger partial charge is 0.495 e. The van der Waals surface area contributed by atoms with Crippen LogP contribution in [0.2, 0.25) is 5.02 Å². The fraction of sp³-hybridized carbons (Fsp3) is 0.233. The summed E-state index contributed by atoms with van der Waals surface area (Å²) >= 11 is 6.60. The number of ether oxygens (including phenoxy) is 1. The molecule has 0 saturated carbocycles. The Kier molecular flexibility index (Phi) is 8.18. The first kappa shape index (κ1) is 28.4. The molecule has 3 aromatic carbocycles. The Morgan fingerprint density at radius 3 is 2.28 bits per heavy atom. The smallest absolute Gasteiger partial charge is 0.416 e. The van der Waals surface area contributed by atoms with Crippen molar-refractivity contribution in [3.05, 3.63) is 121 Å². The van der Waals surface area contributed by atoms with Gasteiger partial charge in [-0.2, -0.15) is 13.2 Å². The highest BCUT2D eigenvalue weighted by Gasteiger charge is 2.35. The monoisotopic (exact) mass is 558 g/mol. The summed E-state index contributed by atoms with van der Waals surface area (Å²) in [4.78, 5) is 14.0. The highest BCUT2D eigenvalue weighted by molar-refractivity contribution is 6.34. The van der Waals surface area contributed by atoms with Gasteiger partial charge in [-0.15, -0.1) is 0 Å². The van der Waals surface area contributed by atoms with E-state index in [9.17, 15) is 22.4 Å². The summed E-state index contributed by atoms with van der Waals surface area (Å²) in [6.07, 6.45) is -5.16. The molecule has 0 spiro atoms. The van der Waals surface area contributed by atoms with Gasteiger partial charge in [0.2, 0.25) is 0 Å². The molecule has 204 valence electrons. The molecule has 39 heavy (non-hydrogen) atoms. The van der Waals surface area contributed by atoms with Gasteiger partial charge in [-0.3, -0.25) is 4.79 Å². The maximum atomic E-state index is 14.9. The van der Waals surface area contributed by atoms with E-state index in [-0.39, 0.29) is 17.1 Å². The van der Waals surface area contributed by atoms with E-state index in [1.165, 1.54) is 11.7 Å². The molecule has 4 nitrogen and oxygen atoms in total. The van der Waals surface area contributed by atoms with Gasteiger partial charge in [-0.25, -0.2) is 4.39 Å². The van der Waals surface area contributed by atoms with Crippen LogP contribution in [0.1, 0.15) is 39.6 Å². The zero-order chi connectivity index (χ0) is 28.5. The quantitative estimate of drug-likeness (QED) is 0.243. The fourth-order valence-electron chi connectivity index (χ4n) is 4.87. The summed E-state index contributed by atoms with van der Waals surface area (Å²) in [5.41, 5.74) is 6.95. The number of hydrogen-bond acceptors (Lipinski definition) is 3. The van der Waals surface area contributed by atoms with Crippen LogP contribution in [0.5, 0.6) is 5.75 Å². The Morgan fingerprint density at radius 2 is 1.64 bits per heavy atom. The predicted octanol–water partition coefficient (Wildman–Crippen LogP) is 7.24. The van der Waals surface area contributed by atoms with Gasteiger partial charge in [-0.05, 0) is 48.7 Å². The molecule has 0 aliphatic heterocycles. The number of hydrogen-bond donors (Lipinski definition) is 1. The molecule has 1 aromatic heterocycles. The predicted molar refractivity (Wildman–Crippen MR) is 145 cm³/mol. The van der Waals surface area contributed by atoms with Crippen molar-refractivity contribution in [1.29, 1.82) is 0 Å². The second-order valence-electron chi connectivity index (χ2n) is 9.26. The van der Waals surface area contributed by atoms with Crippen LogP contribution in [0.3, 0.4) is 0 Å². The Hall–Kier alpha value is -3.62. The molecule has 1 heterocycles. The van der Waals surface area contributed by atoms with Gasteiger partial charge in [0.05, 0.1) is 23.3 Å². The maximum absolute atomic E-state index is 14.9. The highest BCUT2D eigenvalue weighted by Crippen LogP contribution is 2.38. The molecule has 0 bridgehead atoms. The second kappa shape index (κ2) is 11.2. The Bertz CT molecular complexity index is 1570. The zero-order valence-corrected chi connectivity index (χ0v) is 22.3. The van der Waals surface area contributed by atoms with E-state index in [0.717, 1.165) is 23.8 Å². The number of alkyl halides is 3. The van der Waals surface area contributed by atoms with Crippen molar-refractivity contribution in [2.45, 2.75) is 39.0 Å². The fourth-order valence-corrected chi connectivity index (χ4v) is 5.17. The first-order chi connectivity index (χ1) is 18.5. The van der Waals surface area contributed by atoms with E-state index in [0.29, 0.717) is 28.1 Å². The van der Waals surface area contributed by atoms with Crippen LogP contribution in [0.15, 0.2) is 71.5 Å². The third-order valence-electron chi connectivity index (χ3n) is 6.97.